The van der Waals surface area contributed by atoms with Gasteiger partial charge in [-0.3, -0.25) is 0 Å². The molecule has 0 amide bonds. The Labute approximate surface area is 88.1 Å². The molecule has 2 N–H and O–H groups in total. The maximum atomic E-state index is 9.53. The molecule has 0 aromatic carbocycles. The Morgan fingerprint density at radius 3 is 2.57 bits per heavy atom. The zero-order valence-electron chi connectivity index (χ0n) is 9.79. The predicted molar refractivity (Wildman–Crippen MR) is 60.3 cm³/mol. The highest BCUT2D eigenvalue weighted by molar-refractivity contribution is 4.75. The first-order valence-electron chi connectivity index (χ1n) is 6.01. The van der Waals surface area contributed by atoms with Crippen LogP contribution in [0.15, 0.2) is 0 Å². The average molecular weight is 199 g/mol. The molecule has 0 aliphatic heterocycles. The molecular formula is C12H25NO. The maximum Gasteiger partial charge on any atom is 0.0543 e. The maximum absolute atomic E-state index is 9.53. The van der Waals surface area contributed by atoms with Gasteiger partial charge in [-0.1, -0.05) is 20.3 Å². The molecule has 14 heavy (non-hydrogen) atoms. The Kier molecular flexibility index (Phi) is 4.90. The molecule has 84 valence electrons. The minimum atomic E-state index is -0.0371. The van der Waals surface area contributed by atoms with Crippen molar-refractivity contribution in [3.63, 3.8) is 0 Å². The van der Waals surface area contributed by atoms with Crippen molar-refractivity contribution in [1.29, 1.82) is 0 Å². The SMILES string of the molecule is CC(C)C(C)NCC1CCCC(O)C1. The molecule has 0 radical (unpaired) electrons. The van der Waals surface area contributed by atoms with Gasteiger partial charge in [-0.2, -0.15) is 0 Å². The minimum absolute atomic E-state index is 0.0371. The Morgan fingerprint density at radius 2 is 2.00 bits per heavy atom. The summed E-state index contributed by atoms with van der Waals surface area (Å²) >= 11 is 0. The fourth-order valence-corrected chi connectivity index (χ4v) is 2.04. The molecule has 1 fully saturated rings. The van der Waals surface area contributed by atoms with Crippen molar-refractivity contribution < 1.29 is 5.11 Å². The van der Waals surface area contributed by atoms with Crippen molar-refractivity contribution in [2.45, 2.75) is 58.6 Å². The molecule has 2 heteroatoms. The van der Waals surface area contributed by atoms with Crippen LogP contribution in [0.3, 0.4) is 0 Å². The molecule has 3 atom stereocenters. The van der Waals surface area contributed by atoms with E-state index in [4.69, 9.17) is 0 Å². The van der Waals surface area contributed by atoms with E-state index in [9.17, 15) is 5.11 Å². The number of nitrogens with one attached hydrogen (secondary N) is 1. The molecular weight excluding hydrogens is 174 g/mol. The van der Waals surface area contributed by atoms with Crippen LogP contribution in [0.4, 0.5) is 0 Å². The lowest BCUT2D eigenvalue weighted by Gasteiger charge is -2.28. The van der Waals surface area contributed by atoms with E-state index in [0.29, 0.717) is 17.9 Å². The lowest BCUT2D eigenvalue weighted by atomic mass is 9.87. The molecule has 0 aromatic heterocycles. The summed E-state index contributed by atoms with van der Waals surface area (Å²) in [5.74, 6) is 1.39. The van der Waals surface area contributed by atoms with Crippen molar-refractivity contribution in [3.05, 3.63) is 0 Å². The van der Waals surface area contributed by atoms with Gasteiger partial charge in [-0.25, -0.2) is 0 Å². The van der Waals surface area contributed by atoms with E-state index in [0.717, 1.165) is 19.4 Å². The van der Waals surface area contributed by atoms with Crippen molar-refractivity contribution in [1.82, 2.24) is 5.32 Å². The molecule has 0 saturated heterocycles. The Hall–Kier alpha value is -0.0800. The van der Waals surface area contributed by atoms with E-state index in [1.54, 1.807) is 0 Å². The van der Waals surface area contributed by atoms with Gasteiger partial charge < -0.3 is 10.4 Å². The number of aliphatic hydroxyl groups excluding tert-OH is 1. The van der Waals surface area contributed by atoms with Crippen LogP contribution in [0.2, 0.25) is 0 Å². The van der Waals surface area contributed by atoms with Gasteiger partial charge in [0.05, 0.1) is 6.10 Å². The van der Waals surface area contributed by atoms with Crippen LogP contribution in [0, 0.1) is 11.8 Å². The summed E-state index contributed by atoms with van der Waals surface area (Å²) < 4.78 is 0. The Balaban J connectivity index is 2.17. The zero-order valence-corrected chi connectivity index (χ0v) is 9.79. The highest BCUT2D eigenvalue weighted by atomic mass is 16.3. The van der Waals surface area contributed by atoms with Crippen LogP contribution in [-0.4, -0.2) is 23.8 Å². The molecule has 0 spiro atoms. The zero-order chi connectivity index (χ0) is 10.6. The normalized spacial score (nSPS) is 30.6. The summed E-state index contributed by atoms with van der Waals surface area (Å²) in [7, 11) is 0. The topological polar surface area (TPSA) is 32.3 Å². The van der Waals surface area contributed by atoms with Crippen molar-refractivity contribution in [3.8, 4) is 0 Å². The van der Waals surface area contributed by atoms with Crippen LogP contribution in [0.25, 0.3) is 0 Å². The number of rotatable bonds is 4. The minimum Gasteiger partial charge on any atom is -0.393 e. The molecule has 0 bridgehead atoms. The first-order valence-corrected chi connectivity index (χ1v) is 6.01. The lowest BCUT2D eigenvalue weighted by Crippen LogP contribution is -2.36. The fourth-order valence-electron chi connectivity index (χ4n) is 2.04. The van der Waals surface area contributed by atoms with Crippen LogP contribution in [0.1, 0.15) is 46.5 Å². The second-order valence-corrected chi connectivity index (χ2v) is 5.13. The Morgan fingerprint density at radius 1 is 1.29 bits per heavy atom. The van der Waals surface area contributed by atoms with Gasteiger partial charge in [-0.15, -0.1) is 0 Å². The first-order chi connectivity index (χ1) is 6.59. The summed E-state index contributed by atoms with van der Waals surface area (Å²) in [5.41, 5.74) is 0. The molecule has 1 rings (SSSR count). The van der Waals surface area contributed by atoms with Crippen molar-refractivity contribution in [2.24, 2.45) is 11.8 Å². The smallest absolute Gasteiger partial charge is 0.0543 e. The second-order valence-electron chi connectivity index (χ2n) is 5.13. The average Bonchev–Trinajstić information content (AvgIpc) is 2.14. The Bertz CT molecular complexity index is 158. The van der Waals surface area contributed by atoms with Crippen LogP contribution in [0.5, 0.6) is 0 Å². The molecule has 0 heterocycles. The standard InChI is InChI=1S/C12H25NO/c1-9(2)10(3)13-8-11-5-4-6-12(14)7-11/h9-14H,4-8H2,1-3H3. The van der Waals surface area contributed by atoms with Gasteiger partial charge in [0.2, 0.25) is 0 Å². The van der Waals surface area contributed by atoms with Crippen LogP contribution in [-0.2, 0) is 0 Å². The van der Waals surface area contributed by atoms with Crippen LogP contribution < -0.4 is 5.32 Å². The quantitative estimate of drug-likeness (QED) is 0.727. The molecule has 1 aliphatic rings. The van der Waals surface area contributed by atoms with E-state index in [1.165, 1.54) is 12.8 Å². The first kappa shape index (κ1) is 12.0. The molecule has 1 aliphatic carbocycles. The number of aliphatic hydroxyl groups is 1. The van der Waals surface area contributed by atoms with Crippen molar-refractivity contribution in [2.75, 3.05) is 6.54 Å². The van der Waals surface area contributed by atoms with Gasteiger partial charge in [0.25, 0.3) is 0 Å². The van der Waals surface area contributed by atoms with Gasteiger partial charge in [0.1, 0.15) is 0 Å². The van der Waals surface area contributed by atoms with E-state index in [2.05, 4.69) is 26.1 Å². The second kappa shape index (κ2) is 5.72. The third-order valence-corrected chi connectivity index (χ3v) is 3.48. The lowest BCUT2D eigenvalue weighted by molar-refractivity contribution is 0.0992. The highest BCUT2D eigenvalue weighted by Gasteiger charge is 2.20. The monoisotopic (exact) mass is 199 g/mol. The summed E-state index contributed by atoms with van der Waals surface area (Å²) in [6.45, 7) is 7.81. The summed E-state index contributed by atoms with van der Waals surface area (Å²) in [6.07, 6.45) is 4.46. The molecule has 0 aromatic rings. The van der Waals surface area contributed by atoms with Gasteiger partial charge >= 0.3 is 0 Å². The van der Waals surface area contributed by atoms with E-state index < -0.39 is 0 Å². The summed E-state index contributed by atoms with van der Waals surface area (Å²) in [5, 5.41) is 13.1. The molecule has 2 nitrogen and oxygen atoms in total. The third-order valence-electron chi connectivity index (χ3n) is 3.48. The third kappa shape index (κ3) is 3.97. The molecule has 1 saturated carbocycles. The molecule has 3 unspecified atom stereocenters. The van der Waals surface area contributed by atoms with Crippen molar-refractivity contribution >= 4 is 0 Å². The van der Waals surface area contributed by atoms with Gasteiger partial charge in [-0.05, 0) is 44.6 Å². The van der Waals surface area contributed by atoms with E-state index in [-0.39, 0.29) is 6.10 Å². The fraction of sp³-hybridized carbons (Fsp3) is 1.00. The predicted octanol–water partition coefficient (Wildman–Crippen LogP) is 2.17. The largest absolute Gasteiger partial charge is 0.393 e. The summed E-state index contributed by atoms with van der Waals surface area (Å²) in [4.78, 5) is 0. The van der Waals surface area contributed by atoms with E-state index in [1.807, 2.05) is 0 Å². The summed E-state index contributed by atoms with van der Waals surface area (Å²) in [6, 6.07) is 0.592. The van der Waals surface area contributed by atoms with E-state index >= 15 is 0 Å². The number of hydrogen-bond donors (Lipinski definition) is 2. The number of hydrogen-bond acceptors (Lipinski definition) is 2. The van der Waals surface area contributed by atoms with Gasteiger partial charge in [0, 0.05) is 6.04 Å². The highest BCUT2D eigenvalue weighted by Crippen LogP contribution is 2.23. The van der Waals surface area contributed by atoms with Crippen LogP contribution >= 0.6 is 0 Å². The van der Waals surface area contributed by atoms with Gasteiger partial charge in [0.15, 0.2) is 0 Å².